The highest BCUT2D eigenvalue weighted by Gasteiger charge is 2.13. The number of nitrogens with zero attached hydrogens (tertiary/aromatic N) is 2. The van der Waals surface area contributed by atoms with Crippen molar-refractivity contribution in [1.29, 1.82) is 0 Å². The zero-order valence-electron chi connectivity index (χ0n) is 13.7. The van der Waals surface area contributed by atoms with Crippen LogP contribution in [0.5, 0.6) is 0 Å². The summed E-state index contributed by atoms with van der Waals surface area (Å²) in [6.45, 7) is 1.10. The Hall–Kier alpha value is -2.44. The van der Waals surface area contributed by atoms with Crippen LogP contribution in [0, 0.1) is 0 Å². The summed E-state index contributed by atoms with van der Waals surface area (Å²) in [5.74, 6) is 0.450. The van der Waals surface area contributed by atoms with Crippen molar-refractivity contribution in [3.05, 3.63) is 64.9 Å². The monoisotopic (exact) mass is 341 g/mol. The van der Waals surface area contributed by atoms with E-state index in [0.29, 0.717) is 24.5 Å². The second kappa shape index (κ2) is 7.42. The maximum absolute atomic E-state index is 12.2. The molecule has 0 aliphatic rings. The third-order valence-electron chi connectivity index (χ3n) is 3.41. The minimum absolute atomic E-state index is 0.224. The molecule has 0 saturated carbocycles. The van der Waals surface area contributed by atoms with Gasteiger partial charge in [0.25, 0.3) is 5.91 Å². The molecular weight excluding hydrogens is 322 g/mol. The molecule has 2 aromatic heterocycles. The third-order valence-corrected chi connectivity index (χ3v) is 4.54. The fourth-order valence-electron chi connectivity index (χ4n) is 2.29. The summed E-state index contributed by atoms with van der Waals surface area (Å²) in [5, 5.41) is 6.71. The Morgan fingerprint density at radius 1 is 1.21 bits per heavy atom. The van der Waals surface area contributed by atoms with E-state index >= 15 is 0 Å². The number of nitrogens with one attached hydrogen (secondary N) is 1. The van der Waals surface area contributed by atoms with Crippen LogP contribution in [0.2, 0.25) is 0 Å². The van der Waals surface area contributed by atoms with Crippen molar-refractivity contribution in [2.75, 3.05) is 14.1 Å². The summed E-state index contributed by atoms with van der Waals surface area (Å²) in [6, 6.07) is 16.0. The number of amides is 1. The van der Waals surface area contributed by atoms with Gasteiger partial charge in [0.05, 0.1) is 13.1 Å². The van der Waals surface area contributed by atoms with Gasteiger partial charge in [-0.25, -0.2) is 0 Å². The van der Waals surface area contributed by atoms with E-state index in [1.165, 1.54) is 10.4 Å². The van der Waals surface area contributed by atoms with Gasteiger partial charge in [0.2, 0.25) is 0 Å². The number of carbonyl (C=O) groups is 1. The molecule has 0 fully saturated rings. The van der Waals surface area contributed by atoms with Crippen LogP contribution < -0.4 is 5.32 Å². The first kappa shape index (κ1) is 16.4. The maximum Gasteiger partial charge on any atom is 0.273 e. The summed E-state index contributed by atoms with van der Waals surface area (Å²) < 4.78 is 5.16. The Bertz CT molecular complexity index is 809. The highest BCUT2D eigenvalue weighted by Crippen LogP contribution is 2.27. The van der Waals surface area contributed by atoms with Gasteiger partial charge in [0.1, 0.15) is 0 Å². The Kier molecular flexibility index (Phi) is 5.08. The summed E-state index contributed by atoms with van der Waals surface area (Å²) >= 11 is 1.67. The van der Waals surface area contributed by atoms with Gasteiger partial charge >= 0.3 is 0 Å². The fraction of sp³-hybridized carbons (Fsp3) is 0.222. The van der Waals surface area contributed by atoms with Crippen LogP contribution in [0.1, 0.15) is 21.1 Å². The van der Waals surface area contributed by atoms with E-state index in [0.717, 1.165) is 4.88 Å². The predicted molar refractivity (Wildman–Crippen MR) is 94.8 cm³/mol. The SMILES string of the molecule is CN(C)Cc1cc(C(=O)NCc2ccc(-c3ccccc3)s2)no1. The molecule has 3 rings (SSSR count). The van der Waals surface area contributed by atoms with Gasteiger partial charge in [0, 0.05) is 15.8 Å². The Morgan fingerprint density at radius 3 is 2.75 bits per heavy atom. The van der Waals surface area contributed by atoms with Crippen LogP contribution in [0.15, 0.2) is 53.1 Å². The van der Waals surface area contributed by atoms with E-state index in [2.05, 4.69) is 28.7 Å². The zero-order chi connectivity index (χ0) is 16.9. The molecule has 3 aromatic rings. The van der Waals surface area contributed by atoms with E-state index < -0.39 is 0 Å². The lowest BCUT2D eigenvalue weighted by atomic mass is 10.2. The van der Waals surface area contributed by atoms with Crippen molar-refractivity contribution in [2.45, 2.75) is 13.1 Å². The molecular formula is C18H19N3O2S. The quantitative estimate of drug-likeness (QED) is 0.746. The molecule has 0 atom stereocenters. The van der Waals surface area contributed by atoms with Crippen LogP contribution in [-0.4, -0.2) is 30.1 Å². The number of rotatable bonds is 6. The van der Waals surface area contributed by atoms with Gasteiger partial charge in [-0.05, 0) is 31.8 Å². The second-order valence-corrected chi connectivity index (χ2v) is 6.90. The number of carbonyl (C=O) groups excluding carboxylic acids is 1. The lowest BCUT2D eigenvalue weighted by molar-refractivity contribution is 0.0942. The van der Waals surface area contributed by atoms with E-state index in [4.69, 9.17) is 4.52 Å². The molecule has 0 bridgehead atoms. The van der Waals surface area contributed by atoms with Gasteiger partial charge in [-0.1, -0.05) is 35.5 Å². The molecule has 0 spiro atoms. The molecule has 124 valence electrons. The fourth-order valence-corrected chi connectivity index (χ4v) is 3.25. The zero-order valence-corrected chi connectivity index (χ0v) is 14.5. The maximum atomic E-state index is 12.2. The van der Waals surface area contributed by atoms with Crippen LogP contribution >= 0.6 is 11.3 Å². The Morgan fingerprint density at radius 2 is 2.00 bits per heavy atom. The Balaban J connectivity index is 1.59. The molecule has 0 saturated heterocycles. The van der Waals surface area contributed by atoms with Crippen molar-refractivity contribution in [3.63, 3.8) is 0 Å². The molecule has 0 aliphatic heterocycles. The first-order chi connectivity index (χ1) is 11.6. The van der Waals surface area contributed by atoms with Crippen molar-refractivity contribution >= 4 is 17.2 Å². The Labute approximate surface area is 144 Å². The van der Waals surface area contributed by atoms with E-state index in [9.17, 15) is 4.79 Å². The molecule has 5 nitrogen and oxygen atoms in total. The van der Waals surface area contributed by atoms with Crippen LogP contribution in [0.3, 0.4) is 0 Å². The van der Waals surface area contributed by atoms with E-state index in [1.54, 1.807) is 17.4 Å². The molecule has 0 radical (unpaired) electrons. The van der Waals surface area contributed by atoms with Crippen molar-refractivity contribution < 1.29 is 9.32 Å². The molecule has 24 heavy (non-hydrogen) atoms. The first-order valence-electron chi connectivity index (χ1n) is 7.64. The number of hydrogen-bond donors (Lipinski definition) is 1. The van der Waals surface area contributed by atoms with Crippen molar-refractivity contribution in [3.8, 4) is 10.4 Å². The van der Waals surface area contributed by atoms with Gasteiger partial charge in [-0.2, -0.15) is 0 Å². The third kappa shape index (κ3) is 4.10. The molecule has 1 N–H and O–H groups in total. The normalized spacial score (nSPS) is 11.0. The van der Waals surface area contributed by atoms with E-state index in [-0.39, 0.29) is 5.91 Å². The van der Waals surface area contributed by atoms with Gasteiger partial charge in [0.15, 0.2) is 11.5 Å². The van der Waals surface area contributed by atoms with Crippen molar-refractivity contribution in [1.82, 2.24) is 15.4 Å². The molecule has 2 heterocycles. The number of benzene rings is 1. The number of thiophene rings is 1. The summed E-state index contributed by atoms with van der Waals surface area (Å²) in [5.41, 5.74) is 1.50. The topological polar surface area (TPSA) is 58.4 Å². The standard InChI is InChI=1S/C18H19N3O2S/c1-21(2)12-14-10-16(20-23-14)18(22)19-11-15-8-9-17(24-15)13-6-4-3-5-7-13/h3-10H,11-12H2,1-2H3,(H,19,22). The average molecular weight is 341 g/mol. The first-order valence-corrected chi connectivity index (χ1v) is 8.46. The highest BCUT2D eigenvalue weighted by atomic mass is 32.1. The second-order valence-electron chi connectivity index (χ2n) is 5.73. The number of aromatic nitrogens is 1. The number of hydrogen-bond acceptors (Lipinski definition) is 5. The molecule has 6 heteroatoms. The molecule has 1 aromatic carbocycles. The average Bonchev–Trinajstić information content (AvgIpc) is 3.22. The predicted octanol–water partition coefficient (Wildman–Crippen LogP) is 3.39. The van der Waals surface area contributed by atoms with Crippen LogP contribution in [-0.2, 0) is 13.1 Å². The highest BCUT2D eigenvalue weighted by molar-refractivity contribution is 7.15. The molecule has 0 aliphatic carbocycles. The molecule has 1 amide bonds. The van der Waals surface area contributed by atoms with Gasteiger partial charge in [-0.3, -0.25) is 4.79 Å². The summed E-state index contributed by atoms with van der Waals surface area (Å²) in [4.78, 5) is 16.4. The van der Waals surface area contributed by atoms with E-state index in [1.807, 2.05) is 43.3 Å². The molecule has 0 unspecified atom stereocenters. The largest absolute Gasteiger partial charge is 0.359 e. The van der Waals surface area contributed by atoms with Gasteiger partial charge < -0.3 is 14.7 Å². The minimum Gasteiger partial charge on any atom is -0.359 e. The van der Waals surface area contributed by atoms with Gasteiger partial charge in [-0.15, -0.1) is 11.3 Å². The van der Waals surface area contributed by atoms with Crippen molar-refractivity contribution in [2.24, 2.45) is 0 Å². The summed E-state index contributed by atoms with van der Waals surface area (Å²) in [7, 11) is 3.87. The minimum atomic E-state index is -0.224. The lowest BCUT2D eigenvalue weighted by Crippen LogP contribution is -2.22. The smallest absolute Gasteiger partial charge is 0.273 e. The summed E-state index contributed by atoms with van der Waals surface area (Å²) in [6.07, 6.45) is 0. The van der Waals surface area contributed by atoms with Crippen LogP contribution in [0.25, 0.3) is 10.4 Å². The van der Waals surface area contributed by atoms with Crippen LogP contribution in [0.4, 0.5) is 0 Å². The lowest BCUT2D eigenvalue weighted by Gasteiger charge is -2.04.